The Bertz CT molecular complexity index is 1740. The van der Waals surface area contributed by atoms with E-state index in [0.717, 1.165) is 51.6 Å². The van der Waals surface area contributed by atoms with Crippen LogP contribution in [0.5, 0.6) is 5.75 Å². The lowest BCUT2D eigenvalue weighted by atomic mass is 10.0. The fourth-order valence-electron chi connectivity index (χ4n) is 4.95. The topological polar surface area (TPSA) is 95.9 Å². The maximum absolute atomic E-state index is 13.0. The molecule has 0 aliphatic rings. The minimum absolute atomic E-state index is 0.205. The third-order valence-corrected chi connectivity index (χ3v) is 9.07. The van der Waals surface area contributed by atoms with Crippen LogP contribution in [0.2, 0.25) is 0 Å². The first-order valence-electron chi connectivity index (χ1n) is 15.7. The molecule has 0 saturated carbocycles. The van der Waals surface area contributed by atoms with Gasteiger partial charge in [-0.1, -0.05) is 80.1 Å². The van der Waals surface area contributed by atoms with Gasteiger partial charge in [-0.15, -0.1) is 0 Å². The van der Waals surface area contributed by atoms with Crippen molar-refractivity contribution >= 4 is 33.3 Å². The molecule has 248 valence electrons. The van der Waals surface area contributed by atoms with E-state index in [1.54, 1.807) is 30.3 Å². The summed E-state index contributed by atoms with van der Waals surface area (Å²) in [5.41, 5.74) is 5.62. The van der Waals surface area contributed by atoms with E-state index < -0.39 is 0 Å². The highest BCUT2D eigenvalue weighted by atomic mass is 32.1. The molecule has 0 aliphatic carbocycles. The number of phenols is 1. The van der Waals surface area contributed by atoms with Gasteiger partial charge in [-0.25, -0.2) is 18.7 Å². The van der Waals surface area contributed by atoms with Crippen molar-refractivity contribution in [3.63, 3.8) is 0 Å². The summed E-state index contributed by atoms with van der Waals surface area (Å²) in [7, 11) is 0. The number of nitrogens with zero attached hydrogens (tertiary/aromatic N) is 4. The Labute approximate surface area is 288 Å². The quantitative estimate of drug-likeness (QED) is 0.118. The van der Waals surface area contributed by atoms with Crippen molar-refractivity contribution in [3.8, 4) is 5.75 Å². The van der Waals surface area contributed by atoms with Gasteiger partial charge in [0, 0.05) is 49.0 Å². The highest BCUT2D eigenvalue weighted by Crippen LogP contribution is 2.21. The molecular formula is C37H38F2N6OS2. The van der Waals surface area contributed by atoms with Crippen molar-refractivity contribution in [2.24, 2.45) is 0 Å². The predicted octanol–water partition coefficient (Wildman–Crippen LogP) is 8.98. The second-order valence-corrected chi connectivity index (χ2v) is 13.2. The summed E-state index contributed by atoms with van der Waals surface area (Å²) < 4.78 is 34.7. The number of phenolic OH excluding ortho intramolecular Hbond substituents is 1. The van der Waals surface area contributed by atoms with Crippen molar-refractivity contribution in [3.05, 3.63) is 148 Å². The van der Waals surface area contributed by atoms with Crippen molar-refractivity contribution in [2.45, 2.75) is 45.4 Å². The van der Waals surface area contributed by atoms with E-state index in [9.17, 15) is 13.9 Å². The predicted molar refractivity (Wildman–Crippen MR) is 191 cm³/mol. The highest BCUT2D eigenvalue weighted by molar-refractivity contribution is 7.09. The summed E-state index contributed by atoms with van der Waals surface area (Å²) in [6.07, 6.45) is 1.33. The number of benzene rings is 4. The third kappa shape index (κ3) is 10.6. The van der Waals surface area contributed by atoms with E-state index in [1.807, 2.05) is 18.2 Å². The number of aromatic nitrogens is 4. The second-order valence-electron chi connectivity index (χ2n) is 11.7. The van der Waals surface area contributed by atoms with Crippen molar-refractivity contribution in [2.75, 3.05) is 23.7 Å². The molecule has 0 bridgehead atoms. The van der Waals surface area contributed by atoms with Gasteiger partial charge in [0.2, 0.25) is 10.3 Å². The molecule has 2 atom stereocenters. The lowest BCUT2D eigenvalue weighted by Gasteiger charge is -2.12. The lowest BCUT2D eigenvalue weighted by Crippen LogP contribution is -2.09. The number of hydrogen-bond acceptors (Lipinski definition) is 9. The zero-order valence-electron chi connectivity index (χ0n) is 27.0. The first-order chi connectivity index (χ1) is 23.2. The fraction of sp³-hybridized carbons (Fsp3) is 0.243. The molecule has 48 heavy (non-hydrogen) atoms. The van der Waals surface area contributed by atoms with Gasteiger partial charge in [0.25, 0.3) is 0 Å². The summed E-state index contributed by atoms with van der Waals surface area (Å²) in [5.74, 6) is 1.89. The van der Waals surface area contributed by atoms with Gasteiger partial charge in [0.15, 0.2) is 0 Å². The molecule has 4 aromatic carbocycles. The van der Waals surface area contributed by atoms with Crippen LogP contribution < -0.4 is 10.6 Å². The summed E-state index contributed by atoms with van der Waals surface area (Å²) in [6, 6.07) is 28.7. The van der Waals surface area contributed by atoms with E-state index in [0.29, 0.717) is 13.0 Å². The number of halogens is 2. The minimum atomic E-state index is -0.223. The maximum atomic E-state index is 13.0. The minimum Gasteiger partial charge on any atom is -0.508 e. The number of aryl methyl sites for hydroxylation is 1. The van der Waals surface area contributed by atoms with Crippen LogP contribution in [0.1, 0.15) is 65.1 Å². The number of hydrogen-bond donors (Lipinski definition) is 3. The largest absolute Gasteiger partial charge is 0.508 e. The average Bonchev–Trinajstić information content (AvgIpc) is 3.72. The summed E-state index contributed by atoms with van der Waals surface area (Å²) in [5, 5.41) is 17.7. The molecule has 0 saturated heterocycles. The zero-order valence-corrected chi connectivity index (χ0v) is 28.7. The SMILES string of the molecule is C[C@H](CNc1nc(Cc2cccc(O)c2)ns1)c1ccc(F)cc1.Cc1cccc(Cc2nsc(NC[C@@H](C)c3ccc(F)cc3)n2)c1. The molecular weight excluding hydrogens is 647 g/mol. The van der Waals surface area contributed by atoms with E-state index in [2.05, 4.69) is 74.4 Å². The van der Waals surface area contributed by atoms with Crippen molar-refractivity contribution in [1.82, 2.24) is 18.7 Å². The van der Waals surface area contributed by atoms with Gasteiger partial charge < -0.3 is 15.7 Å². The molecule has 0 aliphatic heterocycles. The van der Waals surface area contributed by atoms with Crippen LogP contribution in [0, 0.1) is 18.6 Å². The molecule has 0 radical (unpaired) electrons. The average molecular weight is 685 g/mol. The molecule has 2 heterocycles. The first kappa shape index (κ1) is 34.6. The van der Waals surface area contributed by atoms with Crippen molar-refractivity contribution < 1.29 is 13.9 Å². The molecule has 0 unspecified atom stereocenters. The summed E-state index contributed by atoms with van der Waals surface area (Å²) in [4.78, 5) is 9.02. The summed E-state index contributed by atoms with van der Waals surface area (Å²) >= 11 is 2.70. The van der Waals surface area contributed by atoms with Crippen LogP contribution in [0.4, 0.5) is 19.0 Å². The van der Waals surface area contributed by atoms with Crippen LogP contribution in [-0.4, -0.2) is 36.9 Å². The van der Waals surface area contributed by atoms with E-state index in [-0.39, 0.29) is 29.2 Å². The number of nitrogens with one attached hydrogen (secondary N) is 2. The molecule has 0 spiro atoms. The number of rotatable bonds is 12. The van der Waals surface area contributed by atoms with E-state index in [4.69, 9.17) is 0 Å². The van der Waals surface area contributed by atoms with E-state index in [1.165, 1.54) is 58.5 Å². The highest BCUT2D eigenvalue weighted by Gasteiger charge is 2.11. The molecule has 2 aromatic heterocycles. The monoisotopic (exact) mass is 684 g/mol. The first-order valence-corrected chi connectivity index (χ1v) is 17.2. The van der Waals surface area contributed by atoms with Crippen LogP contribution in [0.3, 0.4) is 0 Å². The third-order valence-electron chi connectivity index (χ3n) is 7.65. The van der Waals surface area contributed by atoms with Gasteiger partial charge in [-0.3, -0.25) is 0 Å². The van der Waals surface area contributed by atoms with Gasteiger partial charge in [-0.2, -0.15) is 8.75 Å². The Balaban J connectivity index is 0.000000188. The molecule has 0 fully saturated rings. The molecule has 11 heteroatoms. The smallest absolute Gasteiger partial charge is 0.202 e. The molecule has 0 amide bonds. The number of aromatic hydroxyl groups is 1. The Kier molecular flexibility index (Phi) is 12.2. The van der Waals surface area contributed by atoms with Crippen LogP contribution >= 0.6 is 23.1 Å². The molecule has 7 nitrogen and oxygen atoms in total. The normalized spacial score (nSPS) is 12.1. The van der Waals surface area contributed by atoms with Gasteiger partial charge >= 0.3 is 0 Å². The van der Waals surface area contributed by atoms with Crippen molar-refractivity contribution in [1.29, 1.82) is 0 Å². The lowest BCUT2D eigenvalue weighted by molar-refractivity contribution is 0.474. The molecule has 6 aromatic rings. The molecule has 3 N–H and O–H groups in total. The van der Waals surface area contributed by atoms with Gasteiger partial charge in [0.05, 0.1) is 0 Å². The van der Waals surface area contributed by atoms with Crippen LogP contribution in [0.25, 0.3) is 0 Å². The van der Waals surface area contributed by atoms with Gasteiger partial charge in [0.1, 0.15) is 29.0 Å². The fourth-order valence-corrected chi connectivity index (χ4v) is 6.13. The Morgan fingerprint density at radius 3 is 1.56 bits per heavy atom. The summed E-state index contributed by atoms with van der Waals surface area (Å²) in [6.45, 7) is 7.71. The Hall–Kier alpha value is -4.74. The Morgan fingerprint density at radius 1 is 0.646 bits per heavy atom. The van der Waals surface area contributed by atoms with Gasteiger partial charge in [-0.05, 0) is 77.4 Å². The zero-order chi connectivity index (χ0) is 33.9. The second kappa shape index (κ2) is 16.9. The van der Waals surface area contributed by atoms with Crippen LogP contribution in [0.15, 0.2) is 97.1 Å². The standard InChI is InChI=1S/C19H20FN3S.C18H18FN3OS/c1-13-4-3-5-15(10-13)11-18-22-19(24-23-18)21-12-14(2)16-6-8-17(20)9-7-16;1-12(14-5-7-15(19)8-6-14)11-20-18-21-17(22-24-18)10-13-3-2-4-16(23)9-13/h3-10,14H,11-12H2,1-2H3,(H,21,22,23);2-9,12,23H,10-11H2,1H3,(H,20,21,22)/t14-;12-/m11/s1. The van der Waals surface area contributed by atoms with E-state index >= 15 is 0 Å². The number of anilines is 2. The molecule has 6 rings (SSSR count). The Morgan fingerprint density at radius 2 is 1.10 bits per heavy atom. The maximum Gasteiger partial charge on any atom is 0.202 e. The van der Waals surface area contributed by atoms with Crippen LogP contribution in [-0.2, 0) is 12.8 Å².